The number of thiazole rings is 1. The van der Waals surface area contributed by atoms with Gasteiger partial charge in [0.05, 0.1) is 11.4 Å². The molecule has 0 bridgehead atoms. The molecule has 0 N–H and O–H groups in total. The number of hydrogen-bond acceptors (Lipinski definition) is 7. The lowest BCUT2D eigenvalue weighted by atomic mass is 9.92. The molecule has 0 spiro atoms. The predicted octanol–water partition coefficient (Wildman–Crippen LogP) is 5.98. The first-order valence-corrected chi connectivity index (χ1v) is 13.1. The molecule has 5 nitrogen and oxygen atoms in total. The normalized spacial score (nSPS) is 16.7. The first-order valence-electron chi connectivity index (χ1n) is 11.3. The van der Waals surface area contributed by atoms with Gasteiger partial charge in [0.25, 0.3) is 0 Å². The van der Waals surface area contributed by atoms with E-state index in [1.807, 2.05) is 42.9 Å². The molecule has 0 aliphatic carbocycles. The van der Waals surface area contributed by atoms with Crippen molar-refractivity contribution in [2.24, 2.45) is 0 Å². The van der Waals surface area contributed by atoms with Gasteiger partial charge >= 0.3 is 0 Å². The van der Waals surface area contributed by atoms with Gasteiger partial charge in [-0.1, -0.05) is 48.2 Å². The lowest BCUT2D eigenvalue weighted by Gasteiger charge is -2.32. The minimum absolute atomic E-state index is 0.442. The number of rotatable bonds is 7. The van der Waals surface area contributed by atoms with Gasteiger partial charge in [0, 0.05) is 53.8 Å². The second-order valence-corrected chi connectivity index (χ2v) is 10.5. The molecule has 1 saturated heterocycles. The highest BCUT2D eigenvalue weighted by molar-refractivity contribution is 7.98. The first-order chi connectivity index (χ1) is 16.2. The van der Waals surface area contributed by atoms with Crippen LogP contribution in [-0.2, 0) is 12.3 Å². The molecule has 1 aromatic carbocycles. The molecule has 1 fully saturated rings. The van der Waals surface area contributed by atoms with Crippen LogP contribution in [0.15, 0.2) is 72.3 Å². The number of hydrogen-bond donors (Lipinski definition) is 0. The van der Waals surface area contributed by atoms with Crippen molar-refractivity contribution in [3.05, 3.63) is 88.9 Å². The third kappa shape index (κ3) is 5.66. The van der Waals surface area contributed by atoms with Crippen molar-refractivity contribution in [1.29, 1.82) is 0 Å². The Morgan fingerprint density at radius 3 is 2.76 bits per heavy atom. The molecule has 1 aliphatic heterocycles. The molecule has 7 heteroatoms. The Kier molecular flexibility index (Phi) is 7.09. The van der Waals surface area contributed by atoms with E-state index in [1.54, 1.807) is 23.1 Å². The van der Waals surface area contributed by atoms with Gasteiger partial charge in [0.2, 0.25) is 0 Å². The zero-order valence-electron chi connectivity index (χ0n) is 18.7. The van der Waals surface area contributed by atoms with Gasteiger partial charge in [-0.2, -0.15) is 0 Å². The lowest BCUT2D eigenvalue weighted by Crippen LogP contribution is -2.34. The van der Waals surface area contributed by atoms with Crippen LogP contribution < -0.4 is 0 Å². The molecule has 33 heavy (non-hydrogen) atoms. The van der Waals surface area contributed by atoms with E-state index in [1.165, 1.54) is 34.5 Å². The summed E-state index contributed by atoms with van der Waals surface area (Å²) < 4.78 is 0. The summed E-state index contributed by atoms with van der Waals surface area (Å²) in [5.74, 6) is 1.23. The Labute approximate surface area is 203 Å². The highest BCUT2D eigenvalue weighted by atomic mass is 32.2. The van der Waals surface area contributed by atoms with Crippen LogP contribution in [0.5, 0.6) is 0 Å². The van der Waals surface area contributed by atoms with Crippen LogP contribution in [0.1, 0.15) is 40.6 Å². The fourth-order valence-electron chi connectivity index (χ4n) is 4.28. The largest absolute Gasteiger partial charge is 0.298 e. The van der Waals surface area contributed by atoms with E-state index in [0.717, 1.165) is 41.2 Å². The molecule has 1 unspecified atom stereocenters. The SMILES string of the molecule is Cc1cnc(SCc2ccccn2)nc1C1CCCN(Cc2cnc(-c3ccccc3)s2)C1. The minimum atomic E-state index is 0.442. The topological polar surface area (TPSA) is 54.8 Å². The summed E-state index contributed by atoms with van der Waals surface area (Å²) in [7, 11) is 0. The Hall–Kier alpha value is -2.61. The maximum Gasteiger partial charge on any atom is 0.188 e. The van der Waals surface area contributed by atoms with Crippen LogP contribution in [0.4, 0.5) is 0 Å². The number of thioether (sulfide) groups is 1. The minimum Gasteiger partial charge on any atom is -0.298 e. The molecular formula is C26H27N5S2. The molecule has 168 valence electrons. The smallest absolute Gasteiger partial charge is 0.188 e. The van der Waals surface area contributed by atoms with Crippen LogP contribution in [0.2, 0.25) is 0 Å². The second-order valence-electron chi connectivity index (χ2n) is 8.40. The van der Waals surface area contributed by atoms with E-state index in [4.69, 9.17) is 4.98 Å². The van der Waals surface area contributed by atoms with Gasteiger partial charge in [0.1, 0.15) is 5.01 Å². The van der Waals surface area contributed by atoms with E-state index in [2.05, 4.69) is 51.0 Å². The van der Waals surface area contributed by atoms with Gasteiger partial charge < -0.3 is 0 Å². The van der Waals surface area contributed by atoms with Crippen LogP contribution in [0.25, 0.3) is 10.6 Å². The summed E-state index contributed by atoms with van der Waals surface area (Å²) in [6.07, 6.45) is 8.22. The fraction of sp³-hybridized carbons (Fsp3) is 0.308. The average Bonchev–Trinajstić information content (AvgIpc) is 3.33. The van der Waals surface area contributed by atoms with Crippen LogP contribution in [-0.4, -0.2) is 37.9 Å². The Morgan fingerprint density at radius 2 is 1.91 bits per heavy atom. The third-order valence-corrected chi connectivity index (χ3v) is 7.84. The number of nitrogens with zero attached hydrogens (tertiary/aromatic N) is 5. The molecule has 0 radical (unpaired) electrons. The molecule has 3 aromatic heterocycles. The maximum absolute atomic E-state index is 4.98. The summed E-state index contributed by atoms with van der Waals surface area (Å²) in [4.78, 5) is 22.5. The van der Waals surface area contributed by atoms with Crippen LogP contribution in [0, 0.1) is 6.92 Å². The molecule has 1 aliphatic rings. The highest BCUT2D eigenvalue weighted by Crippen LogP contribution is 2.31. The van der Waals surface area contributed by atoms with Crippen molar-refractivity contribution in [1.82, 2.24) is 24.8 Å². The van der Waals surface area contributed by atoms with Gasteiger partial charge in [-0.3, -0.25) is 9.88 Å². The predicted molar refractivity (Wildman–Crippen MR) is 135 cm³/mol. The number of likely N-dealkylation sites (tertiary alicyclic amines) is 1. The Morgan fingerprint density at radius 1 is 1.03 bits per heavy atom. The van der Waals surface area contributed by atoms with Crippen molar-refractivity contribution in [2.75, 3.05) is 13.1 Å². The van der Waals surface area contributed by atoms with E-state index in [0.29, 0.717) is 5.92 Å². The van der Waals surface area contributed by atoms with Crippen molar-refractivity contribution in [3.8, 4) is 10.6 Å². The van der Waals surface area contributed by atoms with Gasteiger partial charge in [-0.25, -0.2) is 15.0 Å². The number of benzene rings is 1. The molecular weight excluding hydrogens is 446 g/mol. The second kappa shape index (κ2) is 10.5. The number of pyridine rings is 1. The monoisotopic (exact) mass is 473 g/mol. The van der Waals surface area contributed by atoms with E-state index in [9.17, 15) is 0 Å². The summed E-state index contributed by atoms with van der Waals surface area (Å²) in [6.45, 7) is 5.24. The van der Waals surface area contributed by atoms with Gasteiger partial charge in [0.15, 0.2) is 5.16 Å². The van der Waals surface area contributed by atoms with E-state index >= 15 is 0 Å². The highest BCUT2D eigenvalue weighted by Gasteiger charge is 2.25. The average molecular weight is 474 g/mol. The summed E-state index contributed by atoms with van der Waals surface area (Å²) in [6, 6.07) is 16.4. The van der Waals surface area contributed by atoms with Gasteiger partial charge in [-0.15, -0.1) is 11.3 Å². The number of aryl methyl sites for hydroxylation is 1. The summed E-state index contributed by atoms with van der Waals surface area (Å²) in [5.41, 5.74) is 4.63. The van der Waals surface area contributed by atoms with Crippen molar-refractivity contribution in [3.63, 3.8) is 0 Å². The quantitative estimate of drug-likeness (QED) is 0.243. The number of aromatic nitrogens is 4. The van der Waals surface area contributed by atoms with Crippen LogP contribution in [0.3, 0.4) is 0 Å². The Bertz CT molecular complexity index is 1180. The zero-order valence-corrected chi connectivity index (χ0v) is 20.4. The summed E-state index contributed by atoms with van der Waals surface area (Å²) >= 11 is 3.46. The molecule has 4 heterocycles. The van der Waals surface area contributed by atoms with Crippen LogP contribution >= 0.6 is 23.1 Å². The first kappa shape index (κ1) is 22.2. The standard InChI is InChI=1S/C26H27N5S2/c1-19-14-29-26(32-18-22-11-5-6-12-27-22)30-24(19)21-10-7-13-31(16-21)17-23-15-28-25(33-23)20-8-3-2-4-9-20/h2-6,8-9,11-12,14-15,21H,7,10,13,16-18H2,1H3. The zero-order chi connectivity index (χ0) is 22.5. The molecule has 4 aromatic rings. The third-order valence-electron chi connectivity index (χ3n) is 5.91. The molecule has 0 saturated carbocycles. The Balaban J connectivity index is 1.24. The maximum atomic E-state index is 4.98. The number of piperidine rings is 1. The van der Waals surface area contributed by atoms with Crippen molar-refractivity contribution < 1.29 is 0 Å². The molecule has 1 atom stereocenters. The van der Waals surface area contributed by atoms with Crippen molar-refractivity contribution in [2.45, 2.75) is 43.1 Å². The lowest BCUT2D eigenvalue weighted by molar-refractivity contribution is 0.199. The van der Waals surface area contributed by atoms with Gasteiger partial charge in [-0.05, 0) is 44.0 Å². The van der Waals surface area contributed by atoms with Crippen molar-refractivity contribution >= 4 is 23.1 Å². The fourth-order valence-corrected chi connectivity index (χ4v) is 5.98. The summed E-state index contributed by atoms with van der Waals surface area (Å²) in [5, 5.41) is 1.94. The van der Waals surface area contributed by atoms with E-state index < -0.39 is 0 Å². The molecule has 0 amide bonds. The molecule has 5 rings (SSSR count). The van der Waals surface area contributed by atoms with E-state index in [-0.39, 0.29) is 0 Å².